The Morgan fingerprint density at radius 1 is 1.35 bits per heavy atom. The number of hydrogen-bond donors (Lipinski definition) is 1. The molecule has 0 radical (unpaired) electrons. The Hall–Kier alpha value is -2.63. The second-order valence-electron chi connectivity index (χ2n) is 4.58. The van der Waals surface area contributed by atoms with Gasteiger partial charge in [-0.3, -0.25) is 0 Å². The van der Waals surface area contributed by atoms with Crippen molar-refractivity contribution >= 4 is 33.9 Å². The van der Waals surface area contributed by atoms with E-state index in [1.54, 1.807) is 6.92 Å². The van der Waals surface area contributed by atoms with Crippen LogP contribution in [-0.4, -0.2) is 22.0 Å². The van der Waals surface area contributed by atoms with Gasteiger partial charge in [0.05, 0.1) is 12.0 Å². The molecule has 6 nitrogen and oxygen atoms in total. The Kier molecular flexibility index (Phi) is 2.78. The highest BCUT2D eigenvalue weighted by Crippen LogP contribution is 2.31. The van der Waals surface area contributed by atoms with Crippen molar-refractivity contribution in [1.82, 2.24) is 9.97 Å². The zero-order valence-electron chi connectivity index (χ0n) is 11.0. The molecule has 1 aromatic carbocycles. The summed E-state index contributed by atoms with van der Waals surface area (Å²) in [6.45, 7) is 3.23. The van der Waals surface area contributed by atoms with E-state index in [1.165, 1.54) is 6.92 Å². The number of rotatable bonds is 3. The first-order valence-electron chi connectivity index (χ1n) is 6.19. The van der Waals surface area contributed by atoms with Gasteiger partial charge in [-0.05, 0) is 26.0 Å². The highest BCUT2D eigenvalue weighted by atomic mass is 16.4. The summed E-state index contributed by atoms with van der Waals surface area (Å²) in [5.41, 5.74) is 1.80. The third-order valence-corrected chi connectivity index (χ3v) is 3.04. The molecule has 0 aliphatic heterocycles. The quantitative estimate of drug-likeness (QED) is 0.769. The van der Waals surface area contributed by atoms with Gasteiger partial charge in [0, 0.05) is 5.39 Å². The van der Waals surface area contributed by atoms with Crippen molar-refractivity contribution in [2.75, 3.05) is 5.32 Å². The van der Waals surface area contributed by atoms with Gasteiger partial charge in [0.15, 0.2) is 11.4 Å². The standard InChI is InChI=1S/C14H13N3O3/c1-7(14(18)19)15-13-12-11(16-8(2)17-13)9-5-3-4-6-10(9)20-12/h3-7H,1-2H3,(H,18,19)(H,15,16,17)/p-1/t7-/m1/s1. The fourth-order valence-corrected chi connectivity index (χ4v) is 2.06. The van der Waals surface area contributed by atoms with Gasteiger partial charge in [-0.25, -0.2) is 9.97 Å². The number of aromatic nitrogens is 2. The number of nitrogens with one attached hydrogen (secondary N) is 1. The van der Waals surface area contributed by atoms with Crippen LogP contribution < -0.4 is 10.4 Å². The van der Waals surface area contributed by atoms with Crippen LogP contribution in [0.25, 0.3) is 22.1 Å². The molecule has 0 amide bonds. The monoisotopic (exact) mass is 270 g/mol. The van der Waals surface area contributed by atoms with Crippen molar-refractivity contribution in [2.24, 2.45) is 0 Å². The number of carboxylic acids is 1. The topological polar surface area (TPSA) is 91.1 Å². The summed E-state index contributed by atoms with van der Waals surface area (Å²) in [5.74, 6) is -0.303. The van der Waals surface area contributed by atoms with E-state index in [4.69, 9.17) is 4.42 Å². The number of fused-ring (bicyclic) bond motifs is 3. The number of carbonyl (C=O) groups excluding carboxylic acids is 1. The van der Waals surface area contributed by atoms with Gasteiger partial charge in [0.1, 0.15) is 16.9 Å². The summed E-state index contributed by atoms with van der Waals surface area (Å²) in [7, 11) is 0. The normalized spacial score (nSPS) is 12.7. The van der Waals surface area contributed by atoms with E-state index in [1.807, 2.05) is 24.3 Å². The van der Waals surface area contributed by atoms with Crippen molar-refractivity contribution in [3.8, 4) is 0 Å². The summed E-state index contributed by atoms with van der Waals surface area (Å²) in [6.07, 6.45) is 0. The Bertz CT molecular complexity index is 810. The Morgan fingerprint density at radius 3 is 2.85 bits per heavy atom. The number of carboxylic acid groups (broad SMARTS) is 1. The van der Waals surface area contributed by atoms with Crippen molar-refractivity contribution in [2.45, 2.75) is 19.9 Å². The lowest BCUT2D eigenvalue weighted by Gasteiger charge is -2.15. The molecule has 0 fully saturated rings. The van der Waals surface area contributed by atoms with Gasteiger partial charge in [0.2, 0.25) is 0 Å². The fraction of sp³-hybridized carbons (Fsp3) is 0.214. The first kappa shape index (κ1) is 12.4. The summed E-state index contributed by atoms with van der Waals surface area (Å²) >= 11 is 0. The molecule has 1 N–H and O–H groups in total. The van der Waals surface area contributed by atoms with Gasteiger partial charge in [-0.1, -0.05) is 12.1 Å². The second kappa shape index (κ2) is 4.48. The van der Waals surface area contributed by atoms with Gasteiger partial charge < -0.3 is 19.6 Å². The second-order valence-corrected chi connectivity index (χ2v) is 4.58. The molecule has 0 spiro atoms. The molecule has 102 valence electrons. The summed E-state index contributed by atoms with van der Waals surface area (Å²) in [4.78, 5) is 19.4. The maximum atomic E-state index is 10.8. The number of aliphatic carboxylic acids is 1. The molecule has 0 aliphatic carbocycles. The Balaban J connectivity index is 2.23. The molecule has 2 heterocycles. The zero-order valence-corrected chi connectivity index (χ0v) is 11.0. The van der Waals surface area contributed by atoms with Crippen LogP contribution in [0.4, 0.5) is 5.82 Å². The largest absolute Gasteiger partial charge is 0.548 e. The maximum Gasteiger partial charge on any atom is 0.196 e. The first-order valence-corrected chi connectivity index (χ1v) is 6.19. The number of para-hydroxylation sites is 1. The summed E-state index contributed by atoms with van der Waals surface area (Å²) in [6, 6.07) is 6.62. The van der Waals surface area contributed by atoms with Crippen LogP contribution in [0, 0.1) is 6.92 Å². The summed E-state index contributed by atoms with van der Waals surface area (Å²) < 4.78 is 5.72. The molecule has 1 atom stereocenters. The van der Waals surface area contributed by atoms with Crippen LogP contribution in [0.15, 0.2) is 28.7 Å². The molecule has 6 heteroatoms. The number of benzene rings is 1. The third kappa shape index (κ3) is 1.95. The van der Waals surface area contributed by atoms with E-state index < -0.39 is 12.0 Å². The molecule has 0 saturated heterocycles. The number of anilines is 1. The zero-order chi connectivity index (χ0) is 14.3. The average Bonchev–Trinajstić information content (AvgIpc) is 2.77. The van der Waals surface area contributed by atoms with Crippen molar-refractivity contribution in [3.63, 3.8) is 0 Å². The fourth-order valence-electron chi connectivity index (χ4n) is 2.06. The minimum absolute atomic E-state index is 0.361. The van der Waals surface area contributed by atoms with Crippen LogP contribution in [0.1, 0.15) is 12.7 Å². The average molecular weight is 270 g/mol. The highest BCUT2D eigenvalue weighted by molar-refractivity contribution is 6.05. The number of furan rings is 1. The van der Waals surface area contributed by atoms with Crippen molar-refractivity contribution in [3.05, 3.63) is 30.1 Å². The minimum atomic E-state index is -1.20. The molecule has 3 aromatic rings. The van der Waals surface area contributed by atoms with E-state index >= 15 is 0 Å². The van der Waals surface area contributed by atoms with Crippen LogP contribution in [-0.2, 0) is 4.79 Å². The maximum absolute atomic E-state index is 10.8. The van der Waals surface area contributed by atoms with Crippen molar-refractivity contribution < 1.29 is 14.3 Å². The Labute approximate surface area is 114 Å². The van der Waals surface area contributed by atoms with Crippen LogP contribution in [0.3, 0.4) is 0 Å². The predicted molar refractivity (Wildman–Crippen MR) is 72.1 cm³/mol. The molecule has 0 saturated carbocycles. The lowest BCUT2D eigenvalue weighted by molar-refractivity contribution is -0.306. The van der Waals surface area contributed by atoms with Gasteiger partial charge in [0.25, 0.3) is 0 Å². The molecule has 20 heavy (non-hydrogen) atoms. The van der Waals surface area contributed by atoms with Gasteiger partial charge in [-0.15, -0.1) is 0 Å². The Morgan fingerprint density at radius 2 is 2.10 bits per heavy atom. The van der Waals surface area contributed by atoms with E-state index in [0.29, 0.717) is 28.3 Å². The molecular formula is C14H12N3O3-. The molecule has 0 bridgehead atoms. The number of aryl methyl sites for hydroxylation is 1. The summed E-state index contributed by atoms with van der Waals surface area (Å²) in [5, 5.41) is 14.5. The lowest BCUT2D eigenvalue weighted by atomic mass is 10.2. The minimum Gasteiger partial charge on any atom is -0.548 e. The molecule has 3 rings (SSSR count). The van der Waals surface area contributed by atoms with Crippen molar-refractivity contribution in [1.29, 1.82) is 0 Å². The molecular weight excluding hydrogens is 258 g/mol. The molecule has 2 aromatic heterocycles. The SMILES string of the molecule is Cc1nc(N[C@H](C)C(=O)[O-])c2oc3ccccc3c2n1. The van der Waals surface area contributed by atoms with Crippen LogP contribution >= 0.6 is 0 Å². The highest BCUT2D eigenvalue weighted by Gasteiger charge is 2.15. The first-order chi connectivity index (χ1) is 9.56. The third-order valence-electron chi connectivity index (χ3n) is 3.04. The van der Waals surface area contributed by atoms with Crippen LogP contribution in [0.2, 0.25) is 0 Å². The lowest BCUT2D eigenvalue weighted by Crippen LogP contribution is -2.38. The number of carbonyl (C=O) groups is 1. The smallest absolute Gasteiger partial charge is 0.196 e. The molecule has 0 unspecified atom stereocenters. The predicted octanol–water partition coefficient (Wildman–Crippen LogP) is 1.23. The van der Waals surface area contributed by atoms with E-state index in [2.05, 4.69) is 15.3 Å². The van der Waals surface area contributed by atoms with Gasteiger partial charge >= 0.3 is 0 Å². The van der Waals surface area contributed by atoms with E-state index in [0.717, 1.165) is 5.39 Å². The number of hydrogen-bond acceptors (Lipinski definition) is 6. The van der Waals surface area contributed by atoms with Gasteiger partial charge in [-0.2, -0.15) is 0 Å². The van der Waals surface area contributed by atoms with E-state index in [9.17, 15) is 9.90 Å². The van der Waals surface area contributed by atoms with E-state index in [-0.39, 0.29) is 0 Å². The molecule has 0 aliphatic rings. The number of nitrogens with zero attached hydrogens (tertiary/aromatic N) is 2. The van der Waals surface area contributed by atoms with Crippen LogP contribution in [0.5, 0.6) is 0 Å².